The number of carbonyl (C=O) groups is 2. The van der Waals surface area contributed by atoms with Gasteiger partial charge in [0.2, 0.25) is 0 Å². The minimum Gasteiger partial charge on any atom is -0.376 e. The highest BCUT2D eigenvalue weighted by molar-refractivity contribution is 7.17. The van der Waals surface area contributed by atoms with Crippen molar-refractivity contribution in [2.45, 2.75) is 51.6 Å². The number of nitrogens with one attached hydrogen (secondary N) is 2. The fourth-order valence-corrected chi connectivity index (χ4v) is 5.43. The van der Waals surface area contributed by atoms with Gasteiger partial charge in [-0.2, -0.15) is 0 Å². The van der Waals surface area contributed by atoms with Gasteiger partial charge in [-0.25, -0.2) is 0 Å². The molecule has 9 heteroatoms. The molecule has 1 aliphatic heterocycles. The number of hydrogen-bond donors (Lipinski definition) is 2. The van der Waals surface area contributed by atoms with Crippen LogP contribution in [0.2, 0.25) is 0 Å². The number of thiophene rings is 1. The number of nitrogens with zero attached hydrogens (tertiary/aromatic N) is 2. The van der Waals surface area contributed by atoms with Gasteiger partial charge in [0.1, 0.15) is 9.88 Å². The number of aryl methyl sites for hydroxylation is 2. The third-order valence-electron chi connectivity index (χ3n) is 5.00. The Morgan fingerprint density at radius 3 is 2.81 bits per heavy atom. The van der Waals surface area contributed by atoms with Gasteiger partial charge in [-0.05, 0) is 62.5 Å². The first-order valence-corrected chi connectivity index (χ1v) is 10.9. The van der Waals surface area contributed by atoms with Crippen molar-refractivity contribution in [3.63, 3.8) is 0 Å². The van der Waals surface area contributed by atoms with Crippen LogP contribution in [0.1, 0.15) is 61.8 Å². The van der Waals surface area contributed by atoms with Crippen LogP contribution in [0.4, 0.5) is 5.00 Å². The molecule has 1 saturated heterocycles. The van der Waals surface area contributed by atoms with Gasteiger partial charge in [-0.1, -0.05) is 4.49 Å². The monoisotopic (exact) mass is 406 g/mol. The maximum absolute atomic E-state index is 13.0. The second-order valence-corrected chi connectivity index (χ2v) is 8.76. The maximum atomic E-state index is 13.0. The standard InChI is InChI=1S/C18H22N4O3S2/c1-10-15(27-22-21-10)17(24)20-18-14(12-6-2-3-7-13(12)26-18)16(23)19-9-11-5-4-8-25-11/h11H,2-9H2,1H3,(H,19,23)(H,20,24)/t11-/m1/s1. The normalized spacial score (nSPS) is 18.9. The summed E-state index contributed by atoms with van der Waals surface area (Å²) in [6.45, 7) is 3.03. The van der Waals surface area contributed by atoms with E-state index < -0.39 is 0 Å². The number of fused-ring (bicyclic) bond motifs is 1. The fourth-order valence-electron chi connectivity index (χ4n) is 3.59. The van der Waals surface area contributed by atoms with Crippen LogP contribution in [0.15, 0.2) is 0 Å². The van der Waals surface area contributed by atoms with Crippen molar-refractivity contribution in [3.8, 4) is 0 Å². The van der Waals surface area contributed by atoms with E-state index in [2.05, 4.69) is 20.2 Å². The molecule has 3 heterocycles. The largest absolute Gasteiger partial charge is 0.376 e. The maximum Gasteiger partial charge on any atom is 0.269 e. The number of hydrogen-bond acceptors (Lipinski definition) is 7. The predicted octanol–water partition coefficient (Wildman–Crippen LogP) is 2.95. The van der Waals surface area contributed by atoms with Crippen LogP contribution < -0.4 is 10.6 Å². The van der Waals surface area contributed by atoms with Gasteiger partial charge in [-0.3, -0.25) is 9.59 Å². The smallest absolute Gasteiger partial charge is 0.269 e. The van der Waals surface area contributed by atoms with E-state index in [0.717, 1.165) is 62.2 Å². The van der Waals surface area contributed by atoms with Crippen LogP contribution in [-0.4, -0.2) is 40.7 Å². The first-order chi connectivity index (χ1) is 13.1. The molecule has 2 amide bonds. The molecule has 27 heavy (non-hydrogen) atoms. The molecule has 1 aliphatic carbocycles. The molecule has 0 aromatic carbocycles. The number of anilines is 1. The molecular formula is C18H22N4O3S2. The summed E-state index contributed by atoms with van der Waals surface area (Å²) in [5.74, 6) is -0.381. The van der Waals surface area contributed by atoms with Crippen LogP contribution in [0, 0.1) is 6.92 Å². The molecule has 2 aromatic heterocycles. The Balaban J connectivity index is 1.56. The summed E-state index contributed by atoms with van der Waals surface area (Å²) >= 11 is 2.59. The second kappa shape index (κ2) is 8.04. The molecule has 2 aromatic rings. The van der Waals surface area contributed by atoms with Gasteiger partial charge in [0.05, 0.1) is 17.4 Å². The number of aromatic nitrogens is 2. The van der Waals surface area contributed by atoms with Gasteiger partial charge in [0.25, 0.3) is 11.8 Å². The minimum absolute atomic E-state index is 0.0902. The summed E-state index contributed by atoms with van der Waals surface area (Å²) in [7, 11) is 0. The minimum atomic E-state index is -0.255. The molecule has 2 N–H and O–H groups in total. The van der Waals surface area contributed by atoms with Gasteiger partial charge in [-0.15, -0.1) is 16.4 Å². The Hall–Kier alpha value is -1.84. The highest BCUT2D eigenvalue weighted by Crippen LogP contribution is 2.38. The van der Waals surface area contributed by atoms with Crippen molar-refractivity contribution in [1.29, 1.82) is 0 Å². The van der Waals surface area contributed by atoms with E-state index in [1.165, 1.54) is 16.2 Å². The first-order valence-electron chi connectivity index (χ1n) is 9.28. The van der Waals surface area contributed by atoms with Gasteiger partial charge < -0.3 is 15.4 Å². The van der Waals surface area contributed by atoms with E-state index in [1.807, 2.05) is 0 Å². The summed E-state index contributed by atoms with van der Waals surface area (Å²) in [5.41, 5.74) is 2.31. The van der Waals surface area contributed by atoms with E-state index in [9.17, 15) is 9.59 Å². The molecular weight excluding hydrogens is 384 g/mol. The van der Waals surface area contributed by atoms with Crippen LogP contribution >= 0.6 is 22.9 Å². The average Bonchev–Trinajstić information content (AvgIpc) is 3.39. The summed E-state index contributed by atoms with van der Waals surface area (Å²) < 4.78 is 9.42. The molecule has 1 fully saturated rings. The first kappa shape index (κ1) is 18.5. The van der Waals surface area contributed by atoms with Crippen molar-refractivity contribution in [2.75, 3.05) is 18.5 Å². The van der Waals surface area contributed by atoms with Gasteiger partial charge >= 0.3 is 0 Å². The van der Waals surface area contributed by atoms with E-state index in [1.54, 1.807) is 6.92 Å². The number of amides is 2. The Morgan fingerprint density at radius 2 is 2.07 bits per heavy atom. The molecule has 0 radical (unpaired) electrons. The van der Waals surface area contributed by atoms with Crippen molar-refractivity contribution in [1.82, 2.24) is 14.9 Å². The Kier molecular flexibility index (Phi) is 5.51. The zero-order chi connectivity index (χ0) is 18.8. The molecule has 0 saturated carbocycles. The number of rotatable bonds is 5. The lowest BCUT2D eigenvalue weighted by atomic mass is 9.95. The summed E-state index contributed by atoms with van der Waals surface area (Å²) in [6.07, 6.45) is 6.14. The molecule has 0 unspecified atom stereocenters. The van der Waals surface area contributed by atoms with E-state index in [4.69, 9.17) is 4.74 Å². The highest BCUT2D eigenvalue weighted by Gasteiger charge is 2.28. The van der Waals surface area contributed by atoms with Gasteiger partial charge in [0, 0.05) is 18.0 Å². The molecule has 1 atom stereocenters. The van der Waals surface area contributed by atoms with Crippen LogP contribution in [0.5, 0.6) is 0 Å². The topological polar surface area (TPSA) is 93.2 Å². The van der Waals surface area contributed by atoms with Crippen molar-refractivity contribution >= 4 is 39.7 Å². The molecule has 4 rings (SSSR count). The third-order valence-corrected chi connectivity index (χ3v) is 7.03. The van der Waals surface area contributed by atoms with E-state index in [0.29, 0.717) is 27.7 Å². The predicted molar refractivity (Wildman–Crippen MR) is 105 cm³/mol. The van der Waals surface area contributed by atoms with Crippen LogP contribution in [0.3, 0.4) is 0 Å². The molecule has 0 bridgehead atoms. The Morgan fingerprint density at radius 1 is 1.22 bits per heavy atom. The van der Waals surface area contributed by atoms with Gasteiger partial charge in [0.15, 0.2) is 0 Å². The average molecular weight is 407 g/mol. The highest BCUT2D eigenvalue weighted by atomic mass is 32.1. The number of carbonyl (C=O) groups excluding carboxylic acids is 2. The Bertz CT molecular complexity index is 855. The van der Waals surface area contributed by atoms with Crippen LogP contribution in [0.25, 0.3) is 0 Å². The van der Waals surface area contributed by atoms with Crippen molar-refractivity contribution in [2.24, 2.45) is 0 Å². The molecule has 0 spiro atoms. The Labute approximate surface area is 165 Å². The summed E-state index contributed by atoms with van der Waals surface area (Å²) in [6, 6.07) is 0. The quantitative estimate of drug-likeness (QED) is 0.796. The molecule has 7 nitrogen and oxygen atoms in total. The fraction of sp³-hybridized carbons (Fsp3) is 0.556. The lowest BCUT2D eigenvalue weighted by Crippen LogP contribution is -2.32. The lowest BCUT2D eigenvalue weighted by Gasteiger charge is -2.15. The van der Waals surface area contributed by atoms with E-state index in [-0.39, 0.29) is 17.9 Å². The van der Waals surface area contributed by atoms with Crippen molar-refractivity contribution in [3.05, 3.63) is 26.6 Å². The zero-order valence-electron chi connectivity index (χ0n) is 15.2. The molecule has 144 valence electrons. The summed E-state index contributed by atoms with van der Waals surface area (Å²) in [5, 5.41) is 10.5. The second-order valence-electron chi connectivity index (χ2n) is 6.90. The van der Waals surface area contributed by atoms with Crippen LogP contribution in [-0.2, 0) is 17.6 Å². The summed E-state index contributed by atoms with van der Waals surface area (Å²) in [4.78, 5) is 27.3. The number of ether oxygens (including phenoxy) is 1. The zero-order valence-corrected chi connectivity index (χ0v) is 16.8. The SMILES string of the molecule is Cc1nnsc1C(=O)Nc1sc2c(c1C(=O)NC[C@H]1CCCO1)CCCC2. The van der Waals surface area contributed by atoms with E-state index >= 15 is 0 Å². The molecule has 2 aliphatic rings. The third kappa shape index (κ3) is 3.90. The lowest BCUT2D eigenvalue weighted by molar-refractivity contribution is 0.0858. The van der Waals surface area contributed by atoms with Crippen molar-refractivity contribution < 1.29 is 14.3 Å².